The van der Waals surface area contributed by atoms with Gasteiger partial charge in [0.25, 0.3) is 0 Å². The molecule has 0 unspecified atom stereocenters. The van der Waals surface area contributed by atoms with E-state index in [2.05, 4.69) is 45.2 Å². The van der Waals surface area contributed by atoms with Crippen molar-refractivity contribution >= 4 is 104 Å². The second kappa shape index (κ2) is 15.3. The van der Waals surface area contributed by atoms with E-state index in [1.807, 2.05) is 6.07 Å². The van der Waals surface area contributed by atoms with Crippen molar-refractivity contribution in [3.63, 3.8) is 0 Å². The van der Waals surface area contributed by atoms with Crippen LogP contribution in [-0.4, -0.2) is 30.9 Å². The predicted molar refractivity (Wildman–Crippen MR) is 176 cm³/mol. The summed E-state index contributed by atoms with van der Waals surface area (Å²) in [7, 11) is 0. The lowest BCUT2D eigenvalue weighted by Crippen LogP contribution is -2.12. The molecule has 0 atom stereocenters. The lowest BCUT2D eigenvalue weighted by atomic mass is 10.0. The number of benzene rings is 2. The Balaban J connectivity index is 1.87. The molecule has 0 N–H and O–H groups in total. The van der Waals surface area contributed by atoms with E-state index in [9.17, 15) is 19.6 Å². The Morgan fingerprint density at radius 2 is 1.66 bits per heavy atom. The monoisotopic (exact) mass is 837 g/mol. The molecule has 2 aromatic carbocycles. The van der Waals surface area contributed by atoms with Crippen LogP contribution in [0.2, 0.25) is 10.0 Å². The molecule has 3 aromatic rings. The van der Waals surface area contributed by atoms with Crippen LogP contribution < -0.4 is 4.74 Å². The van der Waals surface area contributed by atoms with Gasteiger partial charge < -0.3 is 14.2 Å². The van der Waals surface area contributed by atoms with Crippen LogP contribution >= 0.6 is 79.7 Å². The van der Waals surface area contributed by atoms with E-state index in [1.165, 1.54) is 6.08 Å². The highest BCUT2D eigenvalue weighted by Crippen LogP contribution is 2.33. The number of carbonyl (C=O) groups is 3. The van der Waals surface area contributed by atoms with Crippen molar-refractivity contribution in [2.75, 3.05) is 13.2 Å². The van der Waals surface area contributed by atoms with Gasteiger partial charge in [0.15, 0.2) is 5.78 Å². The van der Waals surface area contributed by atoms with E-state index in [-0.39, 0.29) is 42.3 Å². The number of esters is 2. The van der Waals surface area contributed by atoms with Crippen LogP contribution in [0.5, 0.6) is 5.75 Å². The maximum Gasteiger partial charge on any atom is 0.348 e. The molecule has 1 heterocycles. The average molecular weight is 838 g/mol. The van der Waals surface area contributed by atoms with Crippen LogP contribution in [0.4, 0.5) is 0 Å². The van der Waals surface area contributed by atoms with Crippen molar-refractivity contribution in [2.45, 2.75) is 33.8 Å². The molecule has 0 fully saturated rings. The summed E-state index contributed by atoms with van der Waals surface area (Å²) < 4.78 is 17.8. The van der Waals surface area contributed by atoms with E-state index < -0.39 is 17.7 Å². The normalized spacial score (nSPS) is 11.1. The van der Waals surface area contributed by atoms with Crippen molar-refractivity contribution in [1.29, 1.82) is 5.26 Å². The first-order valence-corrected chi connectivity index (χ1v) is 15.9. The number of thiophene rings is 1. The number of carbonyl (C=O) groups excluding carboxylic acids is 3. The summed E-state index contributed by atoms with van der Waals surface area (Å²) in [5.41, 5.74) is 1.84. The number of halogens is 4. The number of hydrogen-bond donors (Lipinski definition) is 0. The zero-order valence-corrected chi connectivity index (χ0v) is 28.8. The molecule has 0 spiro atoms. The Kier molecular flexibility index (Phi) is 12.5. The molecule has 0 aliphatic carbocycles. The van der Waals surface area contributed by atoms with Crippen LogP contribution in [0.25, 0.3) is 6.08 Å². The minimum Gasteiger partial charge on any atom is -0.487 e. The second-order valence-corrected chi connectivity index (χ2v) is 12.7. The number of Topliss-reactive ketones (excluding diaryl/α,β-unsaturated/α-hetero) is 1. The van der Waals surface area contributed by atoms with Gasteiger partial charge in [-0.15, -0.1) is 11.3 Å². The first-order valence-electron chi connectivity index (χ1n) is 12.2. The number of nitrogens with zero attached hydrogens (tertiary/aromatic N) is 1. The number of allylic oxidation sites excluding steroid dienone is 1. The topological polar surface area (TPSA) is 103 Å². The first kappa shape index (κ1) is 33.3. The van der Waals surface area contributed by atoms with Gasteiger partial charge in [0.2, 0.25) is 0 Å². The van der Waals surface area contributed by atoms with Crippen LogP contribution in [0.3, 0.4) is 0 Å². The van der Waals surface area contributed by atoms with Gasteiger partial charge in [-0.25, -0.2) is 9.59 Å². The highest BCUT2D eigenvalue weighted by atomic mass is 127. The quantitative estimate of drug-likeness (QED) is 0.0831. The van der Waals surface area contributed by atoms with Crippen molar-refractivity contribution in [2.24, 2.45) is 0 Å². The summed E-state index contributed by atoms with van der Waals surface area (Å²) in [5, 5.41) is 10.8. The maximum atomic E-state index is 13.2. The van der Waals surface area contributed by atoms with E-state index >= 15 is 0 Å². The minimum absolute atomic E-state index is 0.100. The Hall–Kier alpha value is -2.18. The zero-order chi connectivity index (χ0) is 30.3. The Morgan fingerprint density at radius 3 is 2.24 bits per heavy atom. The highest BCUT2D eigenvalue weighted by Gasteiger charge is 2.28. The van der Waals surface area contributed by atoms with Gasteiger partial charge in [0.1, 0.15) is 23.3 Å². The molecule has 41 heavy (non-hydrogen) atoms. The number of ketones is 1. The van der Waals surface area contributed by atoms with E-state index in [1.54, 1.807) is 51.1 Å². The van der Waals surface area contributed by atoms with E-state index in [0.717, 1.165) is 24.0 Å². The van der Waals surface area contributed by atoms with Gasteiger partial charge in [-0.05, 0) is 107 Å². The number of nitriles is 1. The number of hydrogen-bond acceptors (Lipinski definition) is 8. The van der Waals surface area contributed by atoms with Crippen LogP contribution in [0.15, 0.2) is 35.9 Å². The molecule has 214 valence electrons. The fourth-order valence-electron chi connectivity index (χ4n) is 3.73. The molecular weight excluding hydrogens is 815 g/mol. The summed E-state index contributed by atoms with van der Waals surface area (Å²) in [6, 6.07) is 10.7. The molecular formula is C29H23Cl2I2NO6S. The lowest BCUT2D eigenvalue weighted by molar-refractivity contribution is -0.114. The van der Waals surface area contributed by atoms with Gasteiger partial charge in [-0.1, -0.05) is 29.3 Å². The van der Waals surface area contributed by atoms with Crippen molar-refractivity contribution in [3.8, 4) is 11.8 Å². The molecule has 0 saturated carbocycles. The lowest BCUT2D eigenvalue weighted by Gasteiger charge is -2.13. The molecule has 0 aliphatic rings. The molecule has 0 saturated heterocycles. The SMILES string of the molecule is CCOC(=O)c1sc(CC(=O)/C(C#N)=C/c2cc(I)c(OCc3ccc(Cl)cc3Cl)c(I)c2)c(C(=O)OCC)c1C. The highest BCUT2D eigenvalue weighted by molar-refractivity contribution is 14.1. The molecule has 3 rings (SSSR count). The summed E-state index contributed by atoms with van der Waals surface area (Å²) in [6.45, 7) is 5.48. The van der Waals surface area contributed by atoms with Crippen molar-refractivity contribution in [1.82, 2.24) is 0 Å². The van der Waals surface area contributed by atoms with Crippen molar-refractivity contribution < 1.29 is 28.6 Å². The third-order valence-electron chi connectivity index (χ3n) is 5.62. The average Bonchev–Trinajstić information content (AvgIpc) is 3.23. The molecule has 12 heteroatoms. The van der Waals surface area contributed by atoms with E-state index in [4.69, 9.17) is 37.4 Å². The predicted octanol–water partition coefficient (Wildman–Crippen LogP) is 8.22. The third kappa shape index (κ3) is 8.44. The first-order chi connectivity index (χ1) is 19.5. The van der Waals surface area contributed by atoms with Crippen LogP contribution in [0, 0.1) is 25.4 Å². The fourth-order valence-corrected chi connectivity index (χ4v) is 7.51. The fraction of sp³-hybridized carbons (Fsp3) is 0.241. The molecule has 0 amide bonds. The molecule has 1 aromatic heterocycles. The van der Waals surface area contributed by atoms with Gasteiger partial charge in [-0.3, -0.25) is 4.79 Å². The number of ether oxygens (including phenoxy) is 3. The standard InChI is InChI=1S/C29H23Cl2I2NO6S/c1-4-38-28(36)25-15(3)27(29(37)39-5-2)41-24(25)12-23(35)18(13-34)8-16-9-21(32)26(22(33)10-16)40-14-17-6-7-19(30)11-20(17)31/h6-11H,4-5,12,14H2,1-3H3/b18-8+. The van der Waals surface area contributed by atoms with Gasteiger partial charge in [0.05, 0.1) is 31.5 Å². The molecule has 7 nitrogen and oxygen atoms in total. The van der Waals surface area contributed by atoms with E-state index in [0.29, 0.717) is 31.8 Å². The summed E-state index contributed by atoms with van der Waals surface area (Å²) >= 11 is 17.5. The smallest absolute Gasteiger partial charge is 0.348 e. The minimum atomic E-state index is -0.637. The maximum absolute atomic E-state index is 13.2. The van der Waals surface area contributed by atoms with Gasteiger partial charge >= 0.3 is 11.9 Å². The summed E-state index contributed by atoms with van der Waals surface area (Å²) in [5.74, 6) is -1.09. The van der Waals surface area contributed by atoms with Crippen LogP contribution in [-0.2, 0) is 27.3 Å². The zero-order valence-electron chi connectivity index (χ0n) is 22.1. The van der Waals surface area contributed by atoms with Gasteiger partial charge in [0, 0.05) is 26.9 Å². The largest absolute Gasteiger partial charge is 0.487 e. The van der Waals surface area contributed by atoms with Crippen molar-refractivity contribution in [3.05, 3.63) is 85.1 Å². The molecule has 0 bridgehead atoms. The Labute approximate surface area is 279 Å². The third-order valence-corrected chi connectivity index (χ3v) is 9.08. The summed E-state index contributed by atoms with van der Waals surface area (Å²) in [4.78, 5) is 38.9. The van der Waals surface area contributed by atoms with Crippen LogP contribution in [0.1, 0.15) is 55.4 Å². The second-order valence-electron chi connectivity index (χ2n) is 8.40. The summed E-state index contributed by atoms with van der Waals surface area (Å²) in [6.07, 6.45) is 1.24. The Morgan fingerprint density at radius 1 is 1.02 bits per heavy atom. The Bertz CT molecular complexity index is 1550. The molecule has 0 aliphatic heterocycles. The van der Waals surface area contributed by atoms with Gasteiger partial charge in [-0.2, -0.15) is 5.26 Å². The number of rotatable bonds is 11. The molecule has 0 radical (unpaired) electrons.